The summed E-state index contributed by atoms with van der Waals surface area (Å²) in [6.45, 7) is 1.73. The number of anilines is 1. The minimum absolute atomic E-state index is 0.0340. The second-order valence-electron chi connectivity index (χ2n) is 8.29. The van der Waals surface area contributed by atoms with Crippen molar-refractivity contribution in [1.29, 1.82) is 0 Å². The van der Waals surface area contributed by atoms with Crippen LogP contribution in [0.15, 0.2) is 74.4 Å². The maximum absolute atomic E-state index is 14.1. The number of aromatic nitrogens is 1. The van der Waals surface area contributed by atoms with E-state index in [1.807, 2.05) is 30.3 Å². The number of benzene rings is 3. The largest absolute Gasteiger partial charge is 0.493 e. The van der Waals surface area contributed by atoms with E-state index in [1.54, 1.807) is 37.3 Å². The van der Waals surface area contributed by atoms with E-state index in [0.29, 0.717) is 33.8 Å². The van der Waals surface area contributed by atoms with Crippen LogP contribution < -0.4 is 19.8 Å². The van der Waals surface area contributed by atoms with Crippen LogP contribution in [0.3, 0.4) is 0 Å². The molecule has 1 unspecified atom stereocenters. The first kappa shape index (κ1) is 21.0. The molecule has 0 spiro atoms. The second-order valence-corrected chi connectivity index (χ2v) is 8.29. The smallest absolute Gasteiger partial charge is 0.296 e. The van der Waals surface area contributed by atoms with Crippen molar-refractivity contribution in [3.63, 3.8) is 0 Å². The van der Waals surface area contributed by atoms with Gasteiger partial charge in [0.25, 0.3) is 5.91 Å². The first-order valence-corrected chi connectivity index (χ1v) is 11.0. The van der Waals surface area contributed by atoms with Gasteiger partial charge in [-0.3, -0.25) is 14.5 Å². The number of nitrogens with zero attached hydrogens (tertiary/aromatic N) is 2. The lowest BCUT2D eigenvalue weighted by Crippen LogP contribution is -2.30. The molecule has 0 aliphatic carbocycles. The highest BCUT2D eigenvalue weighted by Gasteiger charge is 2.46. The number of hydrogen-bond donors (Lipinski definition) is 0. The van der Waals surface area contributed by atoms with Crippen LogP contribution >= 0.6 is 0 Å². The molecule has 0 N–H and O–H groups in total. The van der Waals surface area contributed by atoms with Crippen molar-refractivity contribution < 1.29 is 23.2 Å². The number of amides is 1. The molecule has 174 valence electrons. The van der Waals surface area contributed by atoms with E-state index in [-0.39, 0.29) is 22.6 Å². The van der Waals surface area contributed by atoms with Crippen LogP contribution in [0.1, 0.15) is 33.5 Å². The summed E-state index contributed by atoms with van der Waals surface area (Å²) in [4.78, 5) is 29.3. The Morgan fingerprint density at radius 3 is 2.54 bits per heavy atom. The quantitative estimate of drug-likeness (QED) is 0.342. The molecule has 0 saturated heterocycles. The Morgan fingerprint density at radius 2 is 1.80 bits per heavy atom. The minimum Gasteiger partial charge on any atom is -0.493 e. The van der Waals surface area contributed by atoms with Crippen molar-refractivity contribution in [3.05, 3.63) is 93.5 Å². The lowest BCUT2D eigenvalue weighted by atomic mass is 9.96. The Hall–Kier alpha value is -4.59. The Labute approximate surface area is 199 Å². The van der Waals surface area contributed by atoms with E-state index in [4.69, 9.17) is 18.4 Å². The molecule has 6 rings (SSSR count). The van der Waals surface area contributed by atoms with Gasteiger partial charge in [-0.2, -0.15) is 0 Å². The lowest BCUT2D eigenvalue weighted by Gasteiger charge is -2.24. The molecule has 8 nitrogen and oxygen atoms in total. The molecule has 3 aromatic carbocycles. The summed E-state index contributed by atoms with van der Waals surface area (Å²) in [5, 5.41) is 6.14. The van der Waals surface area contributed by atoms with Gasteiger partial charge in [0.05, 0.1) is 25.2 Å². The van der Waals surface area contributed by atoms with Gasteiger partial charge in [-0.05, 0) is 29.8 Å². The number of carbonyl (C=O) groups excluding carboxylic acids is 1. The average molecular weight is 468 g/mol. The van der Waals surface area contributed by atoms with Gasteiger partial charge in [0.2, 0.25) is 5.76 Å². The summed E-state index contributed by atoms with van der Waals surface area (Å²) in [7, 11) is 3.04. The number of rotatable bonds is 4. The molecule has 0 radical (unpaired) electrons. The van der Waals surface area contributed by atoms with Crippen LogP contribution in [0, 0.1) is 6.92 Å². The molecule has 1 aliphatic rings. The van der Waals surface area contributed by atoms with Gasteiger partial charge < -0.3 is 18.4 Å². The fraction of sp³-hybridized carbons (Fsp3) is 0.148. The first-order chi connectivity index (χ1) is 17.0. The summed E-state index contributed by atoms with van der Waals surface area (Å²) in [6.07, 6.45) is 0. The zero-order valence-corrected chi connectivity index (χ0v) is 19.2. The van der Waals surface area contributed by atoms with Crippen molar-refractivity contribution >= 4 is 33.5 Å². The average Bonchev–Trinajstić information content (AvgIpc) is 3.43. The molecule has 1 atom stereocenters. The van der Waals surface area contributed by atoms with Crippen molar-refractivity contribution in [3.8, 4) is 11.5 Å². The number of methoxy groups -OCH3 is 2. The van der Waals surface area contributed by atoms with E-state index in [1.165, 1.54) is 19.1 Å². The highest BCUT2D eigenvalue weighted by Crippen LogP contribution is 2.46. The second kappa shape index (κ2) is 7.73. The maximum Gasteiger partial charge on any atom is 0.296 e. The fourth-order valence-electron chi connectivity index (χ4n) is 4.86. The molecule has 0 saturated carbocycles. The predicted molar refractivity (Wildman–Crippen MR) is 129 cm³/mol. The number of aryl methyl sites for hydroxylation is 1. The molecule has 2 aromatic heterocycles. The van der Waals surface area contributed by atoms with Crippen molar-refractivity contribution in [2.45, 2.75) is 13.0 Å². The van der Waals surface area contributed by atoms with Gasteiger partial charge in [-0.1, -0.05) is 47.6 Å². The highest BCUT2D eigenvalue weighted by molar-refractivity contribution is 6.12. The van der Waals surface area contributed by atoms with E-state index >= 15 is 0 Å². The van der Waals surface area contributed by atoms with Crippen molar-refractivity contribution in [2.24, 2.45) is 0 Å². The van der Waals surface area contributed by atoms with Gasteiger partial charge in [-0.25, -0.2) is 0 Å². The molecular formula is C27H20N2O6. The summed E-state index contributed by atoms with van der Waals surface area (Å²) in [5.74, 6) is 1.14. The molecule has 5 aromatic rings. The van der Waals surface area contributed by atoms with E-state index < -0.39 is 11.9 Å². The number of carbonyl (C=O) groups is 1. The standard InChI is InChI=1S/C27H20N2O6/c1-14-13-20(28-35-14)29-23(17-9-6-10-19(32-2)25(17)33-3)22-24(30)21-16-8-5-4-7-15(16)11-12-18(21)34-26(22)27(29)31/h4-13,23H,1-3H3. The van der Waals surface area contributed by atoms with E-state index in [9.17, 15) is 9.59 Å². The summed E-state index contributed by atoms with van der Waals surface area (Å²) in [6, 6.07) is 17.3. The monoisotopic (exact) mass is 468 g/mol. The van der Waals surface area contributed by atoms with E-state index in [0.717, 1.165) is 10.8 Å². The Morgan fingerprint density at radius 1 is 0.971 bits per heavy atom. The number of fused-ring (bicyclic) bond motifs is 4. The fourth-order valence-corrected chi connectivity index (χ4v) is 4.86. The van der Waals surface area contributed by atoms with Crippen molar-refractivity contribution in [2.75, 3.05) is 19.1 Å². The molecule has 3 heterocycles. The Balaban J connectivity index is 1.73. The molecule has 0 fully saturated rings. The summed E-state index contributed by atoms with van der Waals surface area (Å²) >= 11 is 0. The molecule has 8 heteroatoms. The SMILES string of the molecule is COc1cccc(C2c3c(oc4ccc5ccccc5c4c3=O)C(=O)N2c2cc(C)on2)c1OC. The number of hydrogen-bond acceptors (Lipinski definition) is 7. The molecular weight excluding hydrogens is 448 g/mol. The third-order valence-electron chi connectivity index (χ3n) is 6.35. The predicted octanol–water partition coefficient (Wildman–Crippen LogP) is 5.01. The van der Waals surface area contributed by atoms with Crippen LogP contribution in [-0.2, 0) is 0 Å². The maximum atomic E-state index is 14.1. The zero-order chi connectivity index (χ0) is 24.3. The lowest BCUT2D eigenvalue weighted by molar-refractivity contribution is 0.0969. The van der Waals surface area contributed by atoms with Gasteiger partial charge in [-0.15, -0.1) is 0 Å². The van der Waals surface area contributed by atoms with Crippen LogP contribution in [0.2, 0.25) is 0 Å². The van der Waals surface area contributed by atoms with Gasteiger partial charge in [0.15, 0.2) is 22.7 Å². The number of para-hydroxylation sites is 1. The topological polar surface area (TPSA) is 95.0 Å². The van der Waals surface area contributed by atoms with E-state index in [2.05, 4.69) is 5.16 Å². The highest BCUT2D eigenvalue weighted by atomic mass is 16.5. The third kappa shape index (κ3) is 2.96. The first-order valence-electron chi connectivity index (χ1n) is 11.0. The Bertz CT molecular complexity index is 1700. The van der Waals surface area contributed by atoms with Gasteiger partial charge in [0, 0.05) is 11.6 Å². The third-order valence-corrected chi connectivity index (χ3v) is 6.35. The number of ether oxygens (including phenoxy) is 2. The molecule has 1 aliphatic heterocycles. The van der Waals surface area contributed by atoms with Crippen LogP contribution in [-0.4, -0.2) is 25.3 Å². The molecule has 35 heavy (non-hydrogen) atoms. The van der Waals surface area contributed by atoms with Crippen LogP contribution in [0.5, 0.6) is 11.5 Å². The summed E-state index contributed by atoms with van der Waals surface area (Å²) in [5.41, 5.74) is 0.830. The molecule has 1 amide bonds. The Kier molecular flexibility index (Phi) is 4.63. The van der Waals surface area contributed by atoms with Gasteiger partial charge >= 0.3 is 0 Å². The normalized spacial score (nSPS) is 15.1. The van der Waals surface area contributed by atoms with Crippen LogP contribution in [0.4, 0.5) is 5.82 Å². The van der Waals surface area contributed by atoms with Crippen molar-refractivity contribution in [1.82, 2.24) is 5.16 Å². The van der Waals surface area contributed by atoms with Gasteiger partial charge in [0.1, 0.15) is 17.4 Å². The van der Waals surface area contributed by atoms with Crippen LogP contribution in [0.25, 0.3) is 21.7 Å². The summed E-state index contributed by atoms with van der Waals surface area (Å²) < 4.78 is 22.6. The minimum atomic E-state index is -0.869. The zero-order valence-electron chi connectivity index (χ0n) is 19.2. The molecule has 0 bridgehead atoms.